The Morgan fingerprint density at radius 2 is 1.96 bits per heavy atom. The third-order valence-electron chi connectivity index (χ3n) is 3.54. The van der Waals surface area contributed by atoms with E-state index in [0.717, 1.165) is 28.6 Å². The van der Waals surface area contributed by atoms with Gasteiger partial charge in [0, 0.05) is 28.7 Å². The highest BCUT2D eigenvalue weighted by Crippen LogP contribution is 2.31. The molecule has 0 unspecified atom stereocenters. The second-order valence-corrected chi connectivity index (χ2v) is 5.64. The zero-order chi connectivity index (χ0) is 16.9. The molecular weight excluding hydrogens is 320 g/mol. The van der Waals surface area contributed by atoms with E-state index in [-0.39, 0.29) is 0 Å². The average molecular weight is 337 g/mol. The molecule has 0 bridgehead atoms. The number of anilines is 2. The van der Waals surface area contributed by atoms with Crippen molar-refractivity contribution in [2.45, 2.75) is 6.92 Å². The normalized spacial score (nSPS) is 10.9. The van der Waals surface area contributed by atoms with E-state index in [2.05, 4.69) is 17.0 Å². The first-order valence-corrected chi connectivity index (χ1v) is 7.86. The summed E-state index contributed by atoms with van der Waals surface area (Å²) in [7, 11) is 0. The summed E-state index contributed by atoms with van der Waals surface area (Å²) < 4.78 is 1.94. The number of benzene rings is 2. The van der Waals surface area contributed by atoms with Gasteiger partial charge in [-0.05, 0) is 31.8 Å². The van der Waals surface area contributed by atoms with Crippen LogP contribution in [0, 0.1) is 6.92 Å². The summed E-state index contributed by atoms with van der Waals surface area (Å²) in [5.41, 5.74) is 2.78. The van der Waals surface area contributed by atoms with Gasteiger partial charge in [-0.15, -0.1) is 0 Å². The Labute approximate surface area is 146 Å². The lowest BCUT2D eigenvalue weighted by Gasteiger charge is -2.11. The van der Waals surface area contributed by atoms with E-state index in [1.807, 2.05) is 72.3 Å². The molecule has 24 heavy (non-hydrogen) atoms. The molecule has 4 nitrogen and oxygen atoms in total. The van der Waals surface area contributed by atoms with E-state index in [1.165, 1.54) is 0 Å². The summed E-state index contributed by atoms with van der Waals surface area (Å²) >= 11 is 6.10. The smallest absolute Gasteiger partial charge is 0.143 e. The third-order valence-corrected chi connectivity index (χ3v) is 3.78. The van der Waals surface area contributed by atoms with Gasteiger partial charge in [0.15, 0.2) is 0 Å². The number of imidazole rings is 1. The van der Waals surface area contributed by atoms with Crippen LogP contribution in [-0.2, 0) is 0 Å². The fourth-order valence-corrected chi connectivity index (χ4v) is 2.65. The summed E-state index contributed by atoms with van der Waals surface area (Å²) in [6.45, 7) is 5.43. The number of hydrogen-bond acceptors (Lipinski definition) is 3. The van der Waals surface area contributed by atoms with Crippen LogP contribution in [0.25, 0.3) is 17.5 Å². The Hall–Kier alpha value is -2.85. The van der Waals surface area contributed by atoms with Crippen LogP contribution in [0.15, 0.2) is 65.8 Å². The SMILES string of the molecule is C=N/C=C\n1c(C)nc(-c2ccccc2)c1Nc1cccc(Cl)c1. The van der Waals surface area contributed by atoms with Crippen LogP contribution in [-0.4, -0.2) is 16.3 Å². The molecule has 1 heterocycles. The van der Waals surface area contributed by atoms with E-state index in [1.54, 1.807) is 6.20 Å². The number of hydrogen-bond donors (Lipinski definition) is 1. The van der Waals surface area contributed by atoms with Crippen LogP contribution in [0.2, 0.25) is 5.02 Å². The minimum Gasteiger partial charge on any atom is -0.339 e. The minimum atomic E-state index is 0.673. The Kier molecular flexibility index (Phi) is 4.77. The highest BCUT2D eigenvalue weighted by molar-refractivity contribution is 6.30. The van der Waals surface area contributed by atoms with Gasteiger partial charge >= 0.3 is 0 Å². The molecule has 1 N–H and O–H groups in total. The zero-order valence-corrected chi connectivity index (χ0v) is 14.0. The van der Waals surface area contributed by atoms with E-state index in [9.17, 15) is 0 Å². The van der Waals surface area contributed by atoms with Crippen molar-refractivity contribution in [3.63, 3.8) is 0 Å². The van der Waals surface area contributed by atoms with E-state index in [4.69, 9.17) is 16.6 Å². The molecule has 0 spiro atoms. The van der Waals surface area contributed by atoms with Gasteiger partial charge in [-0.2, -0.15) is 0 Å². The molecule has 1 aromatic heterocycles. The van der Waals surface area contributed by atoms with Gasteiger partial charge < -0.3 is 5.32 Å². The van der Waals surface area contributed by atoms with Gasteiger partial charge in [0.25, 0.3) is 0 Å². The van der Waals surface area contributed by atoms with E-state index in [0.29, 0.717) is 5.02 Å². The van der Waals surface area contributed by atoms with Crippen molar-refractivity contribution in [1.82, 2.24) is 9.55 Å². The van der Waals surface area contributed by atoms with Crippen molar-refractivity contribution in [2.24, 2.45) is 4.99 Å². The maximum Gasteiger partial charge on any atom is 0.143 e. The van der Waals surface area contributed by atoms with Gasteiger partial charge in [-0.25, -0.2) is 4.98 Å². The van der Waals surface area contributed by atoms with Gasteiger partial charge in [0.2, 0.25) is 0 Å². The Morgan fingerprint density at radius 3 is 2.67 bits per heavy atom. The summed E-state index contributed by atoms with van der Waals surface area (Å²) in [5.74, 6) is 1.69. The molecule has 0 saturated carbocycles. The largest absolute Gasteiger partial charge is 0.339 e. The van der Waals surface area contributed by atoms with Crippen LogP contribution >= 0.6 is 11.6 Å². The van der Waals surface area contributed by atoms with Gasteiger partial charge in [-0.1, -0.05) is 48.0 Å². The molecule has 0 aliphatic heterocycles. The molecule has 0 aliphatic carbocycles. The van der Waals surface area contributed by atoms with Crippen LogP contribution < -0.4 is 5.32 Å². The second-order valence-electron chi connectivity index (χ2n) is 5.21. The Morgan fingerprint density at radius 1 is 1.17 bits per heavy atom. The first kappa shape index (κ1) is 16.0. The predicted octanol–water partition coefficient (Wildman–Crippen LogP) is 5.38. The standard InChI is InChI=1S/C19H17ClN4/c1-14-22-18(15-7-4-3-5-8-15)19(24(14)12-11-21-2)23-17-10-6-9-16(20)13-17/h3-13,23H,2H2,1H3/b12-11-. The molecule has 0 atom stereocenters. The average Bonchev–Trinajstić information content (AvgIpc) is 2.89. The monoisotopic (exact) mass is 336 g/mol. The maximum absolute atomic E-state index is 6.10. The summed E-state index contributed by atoms with van der Waals surface area (Å²) in [6, 6.07) is 17.6. The van der Waals surface area contributed by atoms with Crippen molar-refractivity contribution < 1.29 is 0 Å². The summed E-state index contributed by atoms with van der Waals surface area (Å²) in [5, 5.41) is 4.09. The second kappa shape index (κ2) is 7.15. The number of nitrogens with one attached hydrogen (secondary N) is 1. The predicted molar refractivity (Wildman–Crippen MR) is 102 cm³/mol. The first-order chi connectivity index (χ1) is 11.7. The van der Waals surface area contributed by atoms with Crippen LogP contribution in [0.3, 0.4) is 0 Å². The zero-order valence-electron chi connectivity index (χ0n) is 13.3. The fourth-order valence-electron chi connectivity index (χ4n) is 2.46. The van der Waals surface area contributed by atoms with E-state index >= 15 is 0 Å². The Balaban J connectivity index is 2.13. The van der Waals surface area contributed by atoms with E-state index < -0.39 is 0 Å². The van der Waals surface area contributed by atoms with Crippen molar-refractivity contribution in [3.05, 3.63) is 71.6 Å². The number of halogens is 1. The third kappa shape index (κ3) is 3.39. The topological polar surface area (TPSA) is 42.2 Å². The van der Waals surface area contributed by atoms with Gasteiger partial charge in [-0.3, -0.25) is 9.56 Å². The summed E-state index contributed by atoms with van der Waals surface area (Å²) in [6.07, 6.45) is 3.46. The number of aliphatic imine (C=N–C) groups is 1. The molecule has 3 aromatic rings. The molecule has 0 radical (unpaired) electrons. The minimum absolute atomic E-state index is 0.673. The van der Waals surface area contributed by atoms with Crippen molar-refractivity contribution in [1.29, 1.82) is 0 Å². The van der Waals surface area contributed by atoms with Crippen molar-refractivity contribution >= 4 is 36.0 Å². The lowest BCUT2D eigenvalue weighted by molar-refractivity contribution is 1.03. The molecule has 0 fully saturated rings. The van der Waals surface area contributed by atoms with Crippen LogP contribution in [0.1, 0.15) is 5.82 Å². The molecule has 0 aliphatic rings. The lowest BCUT2D eigenvalue weighted by atomic mass is 10.1. The number of aryl methyl sites for hydroxylation is 1. The molecular formula is C19H17ClN4. The molecule has 120 valence electrons. The van der Waals surface area contributed by atoms with Crippen LogP contribution in [0.4, 0.5) is 11.5 Å². The molecule has 0 saturated heterocycles. The van der Waals surface area contributed by atoms with Crippen molar-refractivity contribution in [2.75, 3.05) is 5.32 Å². The molecule has 3 rings (SSSR count). The highest BCUT2D eigenvalue weighted by Gasteiger charge is 2.15. The van der Waals surface area contributed by atoms with Gasteiger partial charge in [0.05, 0.1) is 0 Å². The number of rotatable bonds is 5. The van der Waals surface area contributed by atoms with Gasteiger partial charge in [0.1, 0.15) is 17.3 Å². The maximum atomic E-state index is 6.10. The molecule has 5 heteroatoms. The first-order valence-electron chi connectivity index (χ1n) is 7.48. The van der Waals surface area contributed by atoms with Crippen molar-refractivity contribution in [3.8, 4) is 11.3 Å². The highest BCUT2D eigenvalue weighted by atomic mass is 35.5. The Bertz CT molecular complexity index is 882. The molecule has 2 aromatic carbocycles. The summed E-state index contributed by atoms with van der Waals surface area (Å²) in [4.78, 5) is 8.49. The van der Waals surface area contributed by atoms with Crippen LogP contribution in [0.5, 0.6) is 0 Å². The number of aromatic nitrogens is 2. The lowest BCUT2D eigenvalue weighted by Crippen LogP contribution is -1.99. The number of nitrogens with zero attached hydrogens (tertiary/aromatic N) is 3. The molecule has 0 amide bonds. The quantitative estimate of drug-likeness (QED) is 0.635. The fraction of sp³-hybridized carbons (Fsp3) is 0.0526.